The fraction of sp³-hybridized carbons (Fsp3) is 0.312. The average Bonchev–Trinajstić information content (AvgIpc) is 2.58. The molecule has 6 nitrogen and oxygen atoms in total. The third kappa shape index (κ3) is 6.16. The van der Waals surface area contributed by atoms with Crippen LogP contribution in [0.1, 0.15) is 22.9 Å². The van der Waals surface area contributed by atoms with Crippen LogP contribution in [0.2, 0.25) is 0 Å². The number of aryl methyl sites for hydroxylation is 1. The molecule has 1 atom stereocenters. The monoisotopic (exact) mass is 389 g/mol. The lowest BCUT2D eigenvalue weighted by Crippen LogP contribution is -2.36. The Labute approximate surface area is 154 Å². The number of carbonyl (C=O) groups is 1. The first-order valence-electron chi connectivity index (χ1n) is 7.51. The Hall–Kier alpha value is -2.39. The number of hydrogen-bond donors (Lipinski definition) is 3. The van der Waals surface area contributed by atoms with Gasteiger partial charge in [0.15, 0.2) is 0 Å². The lowest BCUT2D eigenvalue weighted by Gasteiger charge is -2.13. The molecule has 1 unspecified atom stereocenters. The summed E-state index contributed by atoms with van der Waals surface area (Å²) in [6, 6.07) is 7.23. The zero-order chi connectivity index (χ0) is 18.4. The van der Waals surface area contributed by atoms with Gasteiger partial charge in [-0.1, -0.05) is 29.8 Å². The Morgan fingerprint density at radius 2 is 1.85 bits per heavy atom. The van der Waals surface area contributed by atoms with E-state index in [1.807, 2.05) is 19.1 Å². The topological polar surface area (TPSA) is 92.9 Å². The van der Waals surface area contributed by atoms with Crippen molar-refractivity contribution >= 4 is 24.3 Å². The number of rotatable bonds is 6. The van der Waals surface area contributed by atoms with Crippen molar-refractivity contribution in [3.8, 4) is 0 Å². The van der Waals surface area contributed by atoms with Gasteiger partial charge < -0.3 is 16.4 Å². The summed E-state index contributed by atoms with van der Waals surface area (Å²) >= 11 is 0. The van der Waals surface area contributed by atoms with E-state index in [-0.39, 0.29) is 37.4 Å². The molecule has 2 aromatic rings. The molecule has 0 aliphatic heterocycles. The fourth-order valence-electron chi connectivity index (χ4n) is 2.00. The molecule has 10 heteroatoms. The number of aromatic nitrogens is 2. The van der Waals surface area contributed by atoms with Gasteiger partial charge >= 0.3 is 6.18 Å². The maximum absolute atomic E-state index is 12.5. The zero-order valence-electron chi connectivity index (χ0n) is 13.9. The molecule has 2 rings (SSSR count). The smallest absolute Gasteiger partial charge is 0.353 e. The molecular formula is C16H19ClF3N5O. The number of nitrogens with zero attached hydrogens (tertiary/aromatic N) is 2. The molecule has 0 fully saturated rings. The van der Waals surface area contributed by atoms with Crippen LogP contribution in [0.5, 0.6) is 0 Å². The highest BCUT2D eigenvalue weighted by atomic mass is 35.5. The number of anilines is 1. The van der Waals surface area contributed by atoms with Gasteiger partial charge in [-0.25, -0.2) is 9.97 Å². The van der Waals surface area contributed by atoms with E-state index in [9.17, 15) is 18.0 Å². The highest BCUT2D eigenvalue weighted by molar-refractivity contribution is 5.85. The number of amides is 1. The van der Waals surface area contributed by atoms with Crippen LogP contribution in [0, 0.1) is 6.92 Å². The molecule has 0 spiro atoms. The highest BCUT2D eigenvalue weighted by Gasteiger charge is 2.32. The molecular weight excluding hydrogens is 371 g/mol. The van der Waals surface area contributed by atoms with E-state index in [1.54, 1.807) is 12.1 Å². The molecule has 0 saturated heterocycles. The molecule has 1 heterocycles. The SMILES string of the molecule is Cc1ccc(C(N)C(=O)NCCNc2nccc(C(F)(F)F)n2)cc1.Cl. The van der Waals surface area contributed by atoms with Gasteiger partial charge in [-0.3, -0.25) is 4.79 Å². The minimum Gasteiger partial charge on any atom is -0.353 e. The molecule has 0 radical (unpaired) electrons. The molecule has 1 aromatic carbocycles. The predicted octanol–water partition coefficient (Wildman–Crippen LogP) is 2.45. The largest absolute Gasteiger partial charge is 0.433 e. The van der Waals surface area contributed by atoms with Crippen molar-refractivity contribution < 1.29 is 18.0 Å². The second kappa shape index (κ2) is 9.35. The van der Waals surface area contributed by atoms with Crippen molar-refractivity contribution in [1.29, 1.82) is 0 Å². The minimum atomic E-state index is -4.53. The maximum atomic E-state index is 12.5. The second-order valence-electron chi connectivity index (χ2n) is 5.37. The summed E-state index contributed by atoms with van der Waals surface area (Å²) in [4.78, 5) is 19.0. The van der Waals surface area contributed by atoms with Gasteiger partial charge in [0, 0.05) is 19.3 Å². The summed E-state index contributed by atoms with van der Waals surface area (Å²) in [6.07, 6.45) is -3.52. The molecule has 1 amide bonds. The Morgan fingerprint density at radius 1 is 1.19 bits per heavy atom. The van der Waals surface area contributed by atoms with Crippen molar-refractivity contribution in [1.82, 2.24) is 15.3 Å². The predicted molar refractivity (Wildman–Crippen MR) is 93.9 cm³/mol. The molecule has 0 bridgehead atoms. The van der Waals surface area contributed by atoms with Gasteiger partial charge in [0.1, 0.15) is 11.7 Å². The van der Waals surface area contributed by atoms with Crippen LogP contribution in [0.15, 0.2) is 36.5 Å². The van der Waals surface area contributed by atoms with Crippen LogP contribution in [-0.2, 0) is 11.0 Å². The number of nitrogens with one attached hydrogen (secondary N) is 2. The van der Waals surface area contributed by atoms with Crippen LogP contribution >= 0.6 is 12.4 Å². The van der Waals surface area contributed by atoms with Crippen LogP contribution in [-0.4, -0.2) is 29.0 Å². The van der Waals surface area contributed by atoms with Crippen molar-refractivity contribution in [3.63, 3.8) is 0 Å². The molecule has 4 N–H and O–H groups in total. The molecule has 142 valence electrons. The Balaban J connectivity index is 0.00000338. The summed E-state index contributed by atoms with van der Waals surface area (Å²) < 4.78 is 37.6. The van der Waals surface area contributed by atoms with Gasteiger partial charge in [0.2, 0.25) is 11.9 Å². The number of benzene rings is 1. The van der Waals surface area contributed by atoms with Crippen molar-refractivity contribution in [3.05, 3.63) is 53.3 Å². The van der Waals surface area contributed by atoms with E-state index in [0.717, 1.165) is 17.8 Å². The molecule has 0 saturated carbocycles. The van der Waals surface area contributed by atoms with Crippen molar-refractivity contribution in [2.24, 2.45) is 5.73 Å². The van der Waals surface area contributed by atoms with Crippen molar-refractivity contribution in [2.75, 3.05) is 18.4 Å². The van der Waals surface area contributed by atoms with Crippen LogP contribution < -0.4 is 16.4 Å². The Kier molecular flexibility index (Phi) is 7.78. The summed E-state index contributed by atoms with van der Waals surface area (Å²) in [5.74, 6) is -0.539. The number of carbonyl (C=O) groups excluding carboxylic acids is 1. The van der Waals surface area contributed by atoms with Gasteiger partial charge in [0.25, 0.3) is 0 Å². The third-order valence-corrected chi connectivity index (χ3v) is 3.37. The van der Waals surface area contributed by atoms with E-state index in [1.165, 1.54) is 0 Å². The van der Waals surface area contributed by atoms with Gasteiger partial charge in [-0.15, -0.1) is 12.4 Å². The van der Waals surface area contributed by atoms with Gasteiger partial charge in [-0.05, 0) is 18.6 Å². The van der Waals surface area contributed by atoms with E-state index >= 15 is 0 Å². The third-order valence-electron chi connectivity index (χ3n) is 3.37. The lowest BCUT2D eigenvalue weighted by molar-refractivity contribution is -0.141. The first-order chi connectivity index (χ1) is 11.8. The van der Waals surface area contributed by atoms with Crippen LogP contribution in [0.4, 0.5) is 19.1 Å². The summed E-state index contributed by atoms with van der Waals surface area (Å²) in [5, 5.41) is 5.23. The number of hydrogen-bond acceptors (Lipinski definition) is 5. The van der Waals surface area contributed by atoms with Crippen LogP contribution in [0.3, 0.4) is 0 Å². The van der Waals surface area contributed by atoms with E-state index in [0.29, 0.717) is 5.56 Å². The van der Waals surface area contributed by atoms with Gasteiger partial charge in [0.05, 0.1) is 0 Å². The second-order valence-corrected chi connectivity index (χ2v) is 5.37. The van der Waals surface area contributed by atoms with E-state index < -0.39 is 17.9 Å². The Morgan fingerprint density at radius 3 is 2.46 bits per heavy atom. The molecule has 0 aliphatic rings. The number of alkyl halides is 3. The lowest BCUT2D eigenvalue weighted by atomic mass is 10.1. The molecule has 0 aliphatic carbocycles. The highest BCUT2D eigenvalue weighted by Crippen LogP contribution is 2.27. The maximum Gasteiger partial charge on any atom is 0.433 e. The number of nitrogens with two attached hydrogens (primary N) is 1. The number of halogens is 4. The molecule has 1 aromatic heterocycles. The normalized spacial score (nSPS) is 12.0. The van der Waals surface area contributed by atoms with E-state index in [2.05, 4.69) is 20.6 Å². The summed E-state index contributed by atoms with van der Waals surface area (Å²) in [5.41, 5.74) is 6.57. The fourth-order valence-corrected chi connectivity index (χ4v) is 2.00. The van der Waals surface area contributed by atoms with Crippen molar-refractivity contribution in [2.45, 2.75) is 19.1 Å². The first-order valence-corrected chi connectivity index (χ1v) is 7.51. The van der Waals surface area contributed by atoms with Crippen LogP contribution in [0.25, 0.3) is 0 Å². The zero-order valence-corrected chi connectivity index (χ0v) is 14.7. The average molecular weight is 390 g/mol. The minimum absolute atomic E-state index is 0. The quantitative estimate of drug-likeness (QED) is 0.660. The molecule has 26 heavy (non-hydrogen) atoms. The Bertz CT molecular complexity index is 725. The van der Waals surface area contributed by atoms with Gasteiger partial charge in [-0.2, -0.15) is 13.2 Å². The standard InChI is InChI=1S/C16H18F3N5O.ClH/c1-10-2-4-11(5-3-10)13(20)14(25)21-8-9-23-15-22-7-6-12(24-15)16(17,18)19;/h2-7,13H,8-9,20H2,1H3,(H,21,25)(H,22,23,24);1H. The first kappa shape index (κ1) is 21.7. The van der Waals surface area contributed by atoms with E-state index in [4.69, 9.17) is 5.73 Å². The summed E-state index contributed by atoms with van der Waals surface area (Å²) in [6.45, 7) is 2.25. The summed E-state index contributed by atoms with van der Waals surface area (Å²) in [7, 11) is 0.